The zero-order chi connectivity index (χ0) is 9.26. The molecule has 72 valence electrons. The van der Waals surface area contributed by atoms with Crippen molar-refractivity contribution in [3.8, 4) is 0 Å². The molecule has 0 radical (unpaired) electrons. The van der Waals surface area contributed by atoms with Crippen LogP contribution in [0.4, 0.5) is 5.13 Å². The Morgan fingerprint density at radius 1 is 1.54 bits per heavy atom. The van der Waals surface area contributed by atoms with E-state index in [9.17, 15) is 0 Å². The molecule has 5 heteroatoms. The van der Waals surface area contributed by atoms with Gasteiger partial charge in [-0.05, 0) is 6.42 Å². The van der Waals surface area contributed by atoms with Crippen molar-refractivity contribution >= 4 is 16.5 Å². The van der Waals surface area contributed by atoms with Crippen LogP contribution in [0.3, 0.4) is 0 Å². The molecule has 0 aromatic carbocycles. The van der Waals surface area contributed by atoms with Crippen LogP contribution in [-0.4, -0.2) is 34.5 Å². The average Bonchev–Trinajstić information content (AvgIpc) is 2.48. The van der Waals surface area contributed by atoms with Gasteiger partial charge in [0.15, 0.2) is 0 Å². The summed E-state index contributed by atoms with van der Waals surface area (Å²) in [5.41, 5.74) is 0. The quantitative estimate of drug-likeness (QED) is 0.777. The molecule has 2 rings (SSSR count). The van der Waals surface area contributed by atoms with E-state index >= 15 is 0 Å². The maximum atomic E-state index is 9.10. The Morgan fingerprint density at radius 2 is 2.31 bits per heavy atom. The molecule has 0 aliphatic carbocycles. The van der Waals surface area contributed by atoms with Crippen molar-refractivity contribution in [3.63, 3.8) is 0 Å². The van der Waals surface area contributed by atoms with Crippen molar-refractivity contribution in [2.24, 2.45) is 0 Å². The van der Waals surface area contributed by atoms with Crippen LogP contribution in [0.25, 0.3) is 0 Å². The summed E-state index contributed by atoms with van der Waals surface area (Å²) in [5, 5.41) is 19.3. The van der Waals surface area contributed by atoms with E-state index in [1.807, 2.05) is 0 Å². The number of hydrogen-bond acceptors (Lipinski definition) is 5. The molecular weight excluding hydrogens is 186 g/mol. The Hall–Kier alpha value is -0.680. The Kier molecular flexibility index (Phi) is 2.46. The summed E-state index contributed by atoms with van der Waals surface area (Å²) in [6, 6.07) is 0. The molecule has 0 unspecified atom stereocenters. The molecular formula is C8H13N3OS. The van der Waals surface area contributed by atoms with Crippen LogP contribution in [0.1, 0.15) is 18.4 Å². The van der Waals surface area contributed by atoms with Crippen LogP contribution in [0.15, 0.2) is 0 Å². The van der Waals surface area contributed by atoms with Gasteiger partial charge >= 0.3 is 0 Å². The van der Waals surface area contributed by atoms with Crippen molar-refractivity contribution in [1.29, 1.82) is 0 Å². The molecule has 0 atom stereocenters. The lowest BCUT2D eigenvalue weighted by atomic mass is 10.2. The zero-order valence-electron chi connectivity index (χ0n) is 7.60. The summed E-state index contributed by atoms with van der Waals surface area (Å²) < 4.78 is 0. The van der Waals surface area contributed by atoms with Crippen molar-refractivity contribution in [3.05, 3.63) is 5.01 Å². The molecule has 1 N–H and O–H groups in total. The number of β-amino-alcohol motifs (C(OH)–C–C–N with tert-alkyl or cyclic N) is 1. The molecule has 1 aliphatic rings. The predicted molar refractivity (Wildman–Crippen MR) is 52.1 cm³/mol. The monoisotopic (exact) mass is 199 g/mol. The number of aryl methyl sites for hydroxylation is 1. The maximum absolute atomic E-state index is 9.10. The molecule has 0 saturated carbocycles. The van der Waals surface area contributed by atoms with E-state index in [1.165, 1.54) is 0 Å². The average molecular weight is 199 g/mol. The summed E-state index contributed by atoms with van der Waals surface area (Å²) in [4.78, 5) is 2.06. The van der Waals surface area contributed by atoms with Crippen molar-refractivity contribution in [2.75, 3.05) is 18.0 Å². The lowest BCUT2D eigenvalue weighted by Gasteiger charge is -2.34. The van der Waals surface area contributed by atoms with Gasteiger partial charge < -0.3 is 10.0 Å². The third kappa shape index (κ3) is 1.81. The van der Waals surface area contributed by atoms with E-state index in [4.69, 9.17) is 5.11 Å². The van der Waals surface area contributed by atoms with Gasteiger partial charge in [0.2, 0.25) is 5.13 Å². The first-order chi connectivity index (χ1) is 6.29. The molecule has 1 saturated heterocycles. The van der Waals surface area contributed by atoms with E-state index in [1.54, 1.807) is 11.3 Å². The number of aliphatic hydroxyl groups is 1. The normalized spacial score (nSPS) is 17.5. The molecule has 1 aliphatic heterocycles. The Morgan fingerprint density at radius 3 is 2.92 bits per heavy atom. The Balaban J connectivity index is 1.97. The van der Waals surface area contributed by atoms with Crippen LogP contribution in [0.5, 0.6) is 0 Å². The largest absolute Gasteiger partial charge is 0.389 e. The number of nitrogens with zero attached hydrogens (tertiary/aromatic N) is 3. The fourth-order valence-electron chi connectivity index (χ4n) is 1.30. The van der Waals surface area contributed by atoms with Gasteiger partial charge in [-0.3, -0.25) is 0 Å². The molecule has 4 nitrogen and oxygen atoms in total. The maximum Gasteiger partial charge on any atom is 0.208 e. The second-order valence-corrected chi connectivity index (χ2v) is 4.33. The van der Waals surface area contributed by atoms with Gasteiger partial charge in [-0.1, -0.05) is 18.3 Å². The molecule has 0 bridgehead atoms. The minimum absolute atomic E-state index is 0.168. The molecule has 0 spiro atoms. The van der Waals surface area contributed by atoms with E-state index in [0.29, 0.717) is 13.1 Å². The van der Waals surface area contributed by atoms with Crippen LogP contribution < -0.4 is 4.90 Å². The first-order valence-corrected chi connectivity index (χ1v) is 5.36. The van der Waals surface area contributed by atoms with Crippen molar-refractivity contribution in [1.82, 2.24) is 10.2 Å². The third-order valence-corrected chi connectivity index (χ3v) is 3.10. The lowest BCUT2D eigenvalue weighted by Crippen LogP contribution is -2.50. The number of anilines is 1. The minimum atomic E-state index is -0.168. The summed E-state index contributed by atoms with van der Waals surface area (Å²) in [6.45, 7) is 3.55. The minimum Gasteiger partial charge on any atom is -0.389 e. The highest BCUT2D eigenvalue weighted by Crippen LogP contribution is 2.25. The first-order valence-electron chi connectivity index (χ1n) is 4.55. The molecule has 13 heavy (non-hydrogen) atoms. The highest BCUT2D eigenvalue weighted by molar-refractivity contribution is 7.15. The molecule has 1 aromatic heterocycles. The van der Waals surface area contributed by atoms with Crippen molar-refractivity contribution in [2.45, 2.75) is 25.9 Å². The topological polar surface area (TPSA) is 49.2 Å². The highest BCUT2D eigenvalue weighted by Gasteiger charge is 2.27. The zero-order valence-corrected chi connectivity index (χ0v) is 8.42. The number of hydrogen-bond donors (Lipinski definition) is 1. The fourth-order valence-corrected chi connectivity index (χ4v) is 2.26. The molecule has 0 amide bonds. The van der Waals surface area contributed by atoms with Crippen LogP contribution in [-0.2, 0) is 6.42 Å². The first kappa shape index (κ1) is 8.90. The summed E-state index contributed by atoms with van der Waals surface area (Å²) in [5.74, 6) is 0. The fraction of sp³-hybridized carbons (Fsp3) is 0.750. The highest BCUT2D eigenvalue weighted by atomic mass is 32.1. The third-order valence-electron chi connectivity index (χ3n) is 2.05. The lowest BCUT2D eigenvalue weighted by molar-refractivity contribution is 0.141. The standard InChI is InChI=1S/C8H13N3OS/c1-2-3-7-9-10-8(13-7)11-4-6(12)5-11/h6,12H,2-5H2,1H3. The summed E-state index contributed by atoms with van der Waals surface area (Å²) in [7, 11) is 0. The van der Waals surface area contributed by atoms with E-state index in [-0.39, 0.29) is 6.10 Å². The molecule has 2 heterocycles. The molecule has 1 fully saturated rings. The van der Waals surface area contributed by atoms with Gasteiger partial charge in [-0.2, -0.15) is 0 Å². The van der Waals surface area contributed by atoms with Crippen LogP contribution in [0.2, 0.25) is 0 Å². The Bertz CT molecular complexity index is 283. The van der Waals surface area contributed by atoms with E-state index < -0.39 is 0 Å². The van der Waals surface area contributed by atoms with Crippen LogP contribution >= 0.6 is 11.3 Å². The van der Waals surface area contributed by atoms with Gasteiger partial charge in [0.1, 0.15) is 5.01 Å². The SMILES string of the molecule is CCCc1nnc(N2CC(O)C2)s1. The number of rotatable bonds is 3. The second kappa shape index (κ2) is 3.59. The van der Waals surface area contributed by atoms with Gasteiger partial charge in [0, 0.05) is 19.5 Å². The van der Waals surface area contributed by atoms with Gasteiger partial charge in [0.05, 0.1) is 6.10 Å². The molecule has 1 aromatic rings. The second-order valence-electron chi connectivity index (χ2n) is 3.29. The smallest absolute Gasteiger partial charge is 0.208 e. The number of aliphatic hydroxyl groups excluding tert-OH is 1. The van der Waals surface area contributed by atoms with Gasteiger partial charge in [0.25, 0.3) is 0 Å². The van der Waals surface area contributed by atoms with E-state index in [0.717, 1.165) is 23.0 Å². The van der Waals surface area contributed by atoms with E-state index in [2.05, 4.69) is 22.0 Å². The summed E-state index contributed by atoms with van der Waals surface area (Å²) in [6.07, 6.45) is 1.95. The number of aromatic nitrogens is 2. The van der Waals surface area contributed by atoms with Crippen molar-refractivity contribution < 1.29 is 5.11 Å². The Labute approximate surface area is 81.2 Å². The van der Waals surface area contributed by atoms with Gasteiger partial charge in [-0.15, -0.1) is 10.2 Å². The predicted octanol–water partition coefficient (Wildman–Crippen LogP) is 0.672. The van der Waals surface area contributed by atoms with Gasteiger partial charge in [-0.25, -0.2) is 0 Å². The van der Waals surface area contributed by atoms with Crippen LogP contribution in [0, 0.1) is 0 Å². The summed E-state index contributed by atoms with van der Waals surface area (Å²) >= 11 is 1.64.